The maximum atomic E-state index is 12.1. The summed E-state index contributed by atoms with van der Waals surface area (Å²) < 4.78 is 12.4. The number of rotatable bonds is 7. The van der Waals surface area contributed by atoms with Crippen molar-refractivity contribution >= 4 is 25.3 Å². The van der Waals surface area contributed by atoms with Crippen molar-refractivity contribution in [3.63, 3.8) is 0 Å². The van der Waals surface area contributed by atoms with E-state index in [-0.39, 0.29) is 6.73 Å². The highest BCUT2D eigenvalue weighted by Crippen LogP contribution is 2.31. The lowest BCUT2D eigenvalue weighted by Gasteiger charge is -2.15. The number of para-hydroxylation sites is 1. The van der Waals surface area contributed by atoms with E-state index in [0.29, 0.717) is 23.6 Å². The molecule has 0 spiro atoms. The van der Waals surface area contributed by atoms with E-state index in [2.05, 4.69) is 24.6 Å². The van der Waals surface area contributed by atoms with Crippen LogP contribution in [0.1, 0.15) is 10.5 Å². The number of ether oxygens (including phenoxy) is 1. The van der Waals surface area contributed by atoms with E-state index in [0.717, 1.165) is 23.2 Å². The first-order chi connectivity index (χ1) is 11.9. The van der Waals surface area contributed by atoms with E-state index >= 15 is 0 Å². The second-order valence-corrected chi connectivity index (χ2v) is 12.9. The molecule has 1 aromatic carbocycles. The van der Waals surface area contributed by atoms with E-state index in [1.54, 1.807) is 6.20 Å². The number of nitrogens with one attached hydrogen (secondary N) is 1. The highest BCUT2D eigenvalue weighted by atomic mass is 28.3. The Morgan fingerprint density at radius 2 is 2.04 bits per heavy atom. The Hall–Kier alpha value is -2.38. The van der Waals surface area contributed by atoms with Gasteiger partial charge in [0.1, 0.15) is 6.73 Å². The summed E-state index contributed by atoms with van der Waals surface area (Å²) in [5.74, 6) is -0.136. The van der Waals surface area contributed by atoms with Crippen LogP contribution in [0.2, 0.25) is 25.7 Å². The molecule has 0 aliphatic carbocycles. The van der Waals surface area contributed by atoms with Crippen molar-refractivity contribution < 1.29 is 13.9 Å². The minimum absolute atomic E-state index is 0.144. The molecule has 132 valence electrons. The Morgan fingerprint density at radius 3 is 2.76 bits per heavy atom. The van der Waals surface area contributed by atoms with Crippen molar-refractivity contribution in [2.24, 2.45) is 0 Å². The molecule has 0 aliphatic heterocycles. The van der Waals surface area contributed by atoms with Gasteiger partial charge in [0.25, 0.3) is 0 Å². The number of hydrogen-bond donors (Lipinski definition) is 1. The van der Waals surface area contributed by atoms with Crippen LogP contribution in [-0.2, 0) is 11.5 Å². The molecule has 0 fully saturated rings. The Labute approximate surface area is 146 Å². The molecule has 25 heavy (non-hydrogen) atoms. The molecule has 0 amide bonds. The Balaban J connectivity index is 1.86. The van der Waals surface area contributed by atoms with Crippen LogP contribution in [0.4, 0.5) is 0 Å². The van der Waals surface area contributed by atoms with Crippen molar-refractivity contribution in [2.75, 3.05) is 6.61 Å². The quantitative estimate of drug-likeness (QED) is 0.397. The summed E-state index contributed by atoms with van der Waals surface area (Å²) >= 11 is 0. The van der Waals surface area contributed by atoms with E-state index in [1.807, 2.05) is 24.3 Å². The molecule has 0 saturated carbocycles. The summed E-state index contributed by atoms with van der Waals surface area (Å²) in [7, 11) is -1.17. The number of fused-ring (bicyclic) bond motifs is 1. The van der Waals surface area contributed by atoms with Crippen LogP contribution in [0.15, 0.2) is 39.7 Å². The summed E-state index contributed by atoms with van der Waals surface area (Å²) in [6, 6.07) is 8.55. The van der Waals surface area contributed by atoms with Gasteiger partial charge in [0.05, 0.1) is 17.5 Å². The van der Waals surface area contributed by atoms with Crippen LogP contribution in [-0.4, -0.2) is 30.5 Å². The highest BCUT2D eigenvalue weighted by Gasteiger charge is 2.18. The zero-order chi connectivity index (χ0) is 18.0. The summed E-state index contributed by atoms with van der Waals surface area (Å²) in [5.41, 5.74) is 1.81. The molecule has 3 aromatic rings. The molecular formula is C18H22N2O4Si. The van der Waals surface area contributed by atoms with Gasteiger partial charge in [0, 0.05) is 25.6 Å². The lowest BCUT2D eigenvalue weighted by atomic mass is 10.1. The highest BCUT2D eigenvalue weighted by molar-refractivity contribution is 6.76. The Kier molecular flexibility index (Phi) is 4.78. The third kappa shape index (κ3) is 3.83. The van der Waals surface area contributed by atoms with Gasteiger partial charge in [-0.1, -0.05) is 37.8 Å². The van der Waals surface area contributed by atoms with Crippen molar-refractivity contribution in [1.29, 1.82) is 0 Å². The van der Waals surface area contributed by atoms with E-state index in [1.165, 1.54) is 4.57 Å². The third-order valence-corrected chi connectivity index (χ3v) is 5.74. The molecule has 0 aliphatic rings. The fourth-order valence-electron chi connectivity index (χ4n) is 2.64. The molecule has 0 unspecified atom stereocenters. The van der Waals surface area contributed by atoms with Crippen LogP contribution in [0.5, 0.6) is 0 Å². The molecule has 3 rings (SSSR count). The number of oxazole rings is 1. The molecule has 0 bridgehead atoms. The average molecular weight is 358 g/mol. The van der Waals surface area contributed by atoms with Crippen molar-refractivity contribution in [2.45, 2.75) is 32.4 Å². The van der Waals surface area contributed by atoms with E-state index < -0.39 is 13.8 Å². The van der Waals surface area contributed by atoms with Crippen molar-refractivity contribution in [3.8, 4) is 11.3 Å². The number of carbonyl (C=O) groups is 1. The monoisotopic (exact) mass is 358 g/mol. The normalized spacial score (nSPS) is 12.0. The number of aromatic nitrogens is 2. The largest absolute Gasteiger partial charge is 0.421 e. The van der Waals surface area contributed by atoms with E-state index in [9.17, 15) is 9.59 Å². The van der Waals surface area contributed by atoms with Crippen LogP contribution < -0.4 is 5.76 Å². The van der Waals surface area contributed by atoms with Gasteiger partial charge in [0.15, 0.2) is 12.0 Å². The van der Waals surface area contributed by atoms with Gasteiger partial charge in [-0.3, -0.25) is 9.36 Å². The molecule has 2 heterocycles. The van der Waals surface area contributed by atoms with Gasteiger partial charge in [-0.25, -0.2) is 4.79 Å². The second kappa shape index (κ2) is 6.85. The molecule has 6 nitrogen and oxygen atoms in total. The number of H-pyrrole nitrogens is 1. The minimum Gasteiger partial charge on any atom is -0.408 e. The number of hydrogen-bond acceptors (Lipinski definition) is 4. The van der Waals surface area contributed by atoms with Crippen LogP contribution in [0.25, 0.3) is 22.2 Å². The first-order valence-corrected chi connectivity index (χ1v) is 11.9. The number of nitrogens with zero attached hydrogens (tertiary/aromatic N) is 1. The maximum absolute atomic E-state index is 12.1. The van der Waals surface area contributed by atoms with Crippen LogP contribution in [0, 0.1) is 0 Å². The fraction of sp³-hybridized carbons (Fsp3) is 0.333. The zero-order valence-corrected chi connectivity index (χ0v) is 15.7. The smallest absolute Gasteiger partial charge is 0.408 e. The second-order valence-electron chi connectivity index (χ2n) is 7.26. The Bertz CT molecular complexity index is 946. The topological polar surface area (TPSA) is 77.2 Å². The van der Waals surface area contributed by atoms with Gasteiger partial charge in [-0.15, -0.1) is 0 Å². The molecule has 2 aromatic heterocycles. The van der Waals surface area contributed by atoms with Crippen molar-refractivity contribution in [3.05, 3.63) is 46.7 Å². The van der Waals surface area contributed by atoms with Crippen LogP contribution >= 0.6 is 0 Å². The first-order valence-electron chi connectivity index (χ1n) is 8.23. The third-order valence-electron chi connectivity index (χ3n) is 4.03. The van der Waals surface area contributed by atoms with Gasteiger partial charge in [0.2, 0.25) is 0 Å². The molecule has 0 radical (unpaired) electrons. The van der Waals surface area contributed by atoms with Gasteiger partial charge in [-0.05, 0) is 12.1 Å². The predicted octanol–water partition coefficient (Wildman–Crippen LogP) is 3.71. The first kappa shape index (κ1) is 17.4. The number of aromatic amines is 1. The molecule has 0 atom stereocenters. The molecule has 1 N–H and O–H groups in total. The summed E-state index contributed by atoms with van der Waals surface area (Å²) in [5, 5.41) is 0.838. The average Bonchev–Trinajstić information content (AvgIpc) is 3.10. The number of aldehydes is 1. The lowest BCUT2D eigenvalue weighted by molar-refractivity contribution is 0.0824. The van der Waals surface area contributed by atoms with Crippen molar-refractivity contribution in [1.82, 2.24) is 9.55 Å². The molecule has 0 saturated heterocycles. The van der Waals surface area contributed by atoms with Crippen LogP contribution in [0.3, 0.4) is 0 Å². The Morgan fingerprint density at radius 1 is 1.28 bits per heavy atom. The molecule has 7 heteroatoms. The summed E-state index contributed by atoms with van der Waals surface area (Å²) in [6.45, 7) is 7.59. The number of carbonyl (C=O) groups excluding carboxylic acids is 1. The standard InChI is InChI=1S/C18H22N2O4Si/c1-25(2,3)9-8-23-12-20-10-16(24-18(20)22)17-13-6-4-5-7-14(13)19-15(17)11-21/h4-7,10-11,19H,8-9,12H2,1-3H3. The maximum Gasteiger partial charge on any atom is 0.421 e. The summed E-state index contributed by atoms with van der Waals surface area (Å²) in [4.78, 5) is 26.5. The lowest BCUT2D eigenvalue weighted by Crippen LogP contribution is -2.23. The fourth-order valence-corrected chi connectivity index (χ4v) is 3.39. The molecular weight excluding hydrogens is 336 g/mol. The SMILES string of the molecule is C[Si](C)(C)CCOCn1cc(-c2c(C=O)[nH]c3ccccc23)oc1=O. The number of benzene rings is 1. The predicted molar refractivity (Wildman–Crippen MR) is 99.8 cm³/mol. The summed E-state index contributed by atoms with van der Waals surface area (Å²) in [6.07, 6.45) is 2.33. The van der Waals surface area contributed by atoms with Gasteiger partial charge >= 0.3 is 5.76 Å². The van der Waals surface area contributed by atoms with E-state index in [4.69, 9.17) is 9.15 Å². The zero-order valence-electron chi connectivity index (χ0n) is 14.7. The van der Waals surface area contributed by atoms with Gasteiger partial charge < -0.3 is 14.1 Å². The minimum atomic E-state index is -1.17. The van der Waals surface area contributed by atoms with Gasteiger partial charge in [-0.2, -0.15) is 0 Å².